The van der Waals surface area contributed by atoms with E-state index in [4.69, 9.17) is 5.11 Å². The van der Waals surface area contributed by atoms with Gasteiger partial charge in [-0.05, 0) is 24.1 Å². The highest BCUT2D eigenvalue weighted by atomic mass is 16.2. The Morgan fingerprint density at radius 3 is 2.91 bits per heavy atom. The summed E-state index contributed by atoms with van der Waals surface area (Å²) < 4.78 is 0. The van der Waals surface area contributed by atoms with E-state index in [0.717, 1.165) is 12.1 Å². The van der Waals surface area contributed by atoms with Gasteiger partial charge >= 0.3 is 0 Å². The van der Waals surface area contributed by atoms with Crippen molar-refractivity contribution >= 4 is 5.69 Å². The third kappa shape index (κ3) is 2.24. The minimum atomic E-state index is 0.215. The van der Waals surface area contributed by atoms with Gasteiger partial charge in [0.2, 0.25) is 0 Å². The molecule has 2 N–H and O–H groups in total. The van der Waals surface area contributed by atoms with E-state index in [0.29, 0.717) is 0 Å². The van der Waals surface area contributed by atoms with Crippen LogP contribution in [0.4, 0.5) is 5.69 Å². The monoisotopic (exact) mass is 151 g/mol. The van der Waals surface area contributed by atoms with Crippen molar-refractivity contribution in [3.05, 3.63) is 29.8 Å². The molecule has 0 aliphatic rings. The second-order valence-corrected chi connectivity index (χ2v) is 2.42. The fourth-order valence-corrected chi connectivity index (χ4v) is 1.01. The molecule has 0 aromatic heterocycles. The molecule has 0 aliphatic carbocycles. The van der Waals surface area contributed by atoms with Crippen molar-refractivity contribution in [1.82, 2.24) is 0 Å². The zero-order chi connectivity index (χ0) is 8.10. The van der Waals surface area contributed by atoms with Gasteiger partial charge in [-0.25, -0.2) is 0 Å². The first-order valence-corrected chi connectivity index (χ1v) is 3.74. The number of anilines is 1. The van der Waals surface area contributed by atoms with Gasteiger partial charge in [-0.1, -0.05) is 12.1 Å². The van der Waals surface area contributed by atoms with E-state index in [9.17, 15) is 0 Å². The minimum Gasteiger partial charge on any atom is -0.396 e. The Hall–Kier alpha value is -1.02. The van der Waals surface area contributed by atoms with Gasteiger partial charge in [-0.3, -0.25) is 0 Å². The van der Waals surface area contributed by atoms with Crippen LogP contribution in [0, 0.1) is 0 Å². The third-order valence-electron chi connectivity index (χ3n) is 1.62. The molecule has 0 bridgehead atoms. The summed E-state index contributed by atoms with van der Waals surface area (Å²) in [6.07, 6.45) is 0.732. The molecule has 0 radical (unpaired) electrons. The highest BCUT2D eigenvalue weighted by Crippen LogP contribution is 2.09. The van der Waals surface area contributed by atoms with Crippen LogP contribution in [0.1, 0.15) is 5.56 Å². The highest BCUT2D eigenvalue weighted by molar-refractivity contribution is 5.44. The smallest absolute Gasteiger partial charge is 0.0471 e. The topological polar surface area (TPSA) is 32.3 Å². The summed E-state index contributed by atoms with van der Waals surface area (Å²) in [6, 6.07) is 8.03. The van der Waals surface area contributed by atoms with Crippen molar-refractivity contribution in [2.24, 2.45) is 0 Å². The maximum atomic E-state index is 8.66. The van der Waals surface area contributed by atoms with Crippen molar-refractivity contribution in [2.75, 3.05) is 19.0 Å². The molecule has 0 saturated heterocycles. The molecule has 11 heavy (non-hydrogen) atoms. The largest absolute Gasteiger partial charge is 0.396 e. The molecular weight excluding hydrogens is 138 g/mol. The normalized spacial score (nSPS) is 9.64. The number of benzene rings is 1. The average Bonchev–Trinajstić information content (AvgIpc) is 2.06. The first-order valence-electron chi connectivity index (χ1n) is 3.74. The van der Waals surface area contributed by atoms with Crippen LogP contribution in [-0.2, 0) is 6.42 Å². The van der Waals surface area contributed by atoms with Crippen LogP contribution in [-0.4, -0.2) is 18.8 Å². The van der Waals surface area contributed by atoms with Crippen molar-refractivity contribution in [3.63, 3.8) is 0 Å². The van der Waals surface area contributed by atoms with E-state index >= 15 is 0 Å². The van der Waals surface area contributed by atoms with Gasteiger partial charge in [0, 0.05) is 19.3 Å². The van der Waals surface area contributed by atoms with E-state index < -0.39 is 0 Å². The Bertz CT molecular complexity index is 223. The molecule has 0 saturated carbocycles. The summed E-state index contributed by atoms with van der Waals surface area (Å²) in [5.74, 6) is 0. The summed E-state index contributed by atoms with van der Waals surface area (Å²) in [6.45, 7) is 0.215. The van der Waals surface area contributed by atoms with Gasteiger partial charge in [0.15, 0.2) is 0 Å². The number of hydrogen-bond donors (Lipinski definition) is 2. The molecule has 0 atom stereocenters. The second-order valence-electron chi connectivity index (χ2n) is 2.42. The van der Waals surface area contributed by atoms with Crippen LogP contribution in [0.5, 0.6) is 0 Å². The predicted octanol–water partition coefficient (Wildman–Crippen LogP) is 1.26. The molecule has 0 aliphatic heterocycles. The SMILES string of the molecule is CNc1cccc(CCO)c1. The number of hydrogen-bond acceptors (Lipinski definition) is 2. The van der Waals surface area contributed by atoms with Gasteiger partial charge in [0.25, 0.3) is 0 Å². The van der Waals surface area contributed by atoms with Gasteiger partial charge in [-0.2, -0.15) is 0 Å². The number of rotatable bonds is 3. The van der Waals surface area contributed by atoms with Crippen LogP contribution < -0.4 is 5.32 Å². The molecule has 2 heteroatoms. The zero-order valence-electron chi connectivity index (χ0n) is 6.67. The Balaban J connectivity index is 2.74. The minimum absolute atomic E-state index is 0.215. The molecule has 1 aromatic carbocycles. The van der Waals surface area contributed by atoms with Crippen LogP contribution >= 0.6 is 0 Å². The van der Waals surface area contributed by atoms with E-state index in [1.54, 1.807) is 0 Å². The van der Waals surface area contributed by atoms with Crippen LogP contribution in [0.15, 0.2) is 24.3 Å². The van der Waals surface area contributed by atoms with Crippen molar-refractivity contribution < 1.29 is 5.11 Å². The lowest BCUT2D eigenvalue weighted by Gasteiger charge is -2.02. The van der Waals surface area contributed by atoms with Gasteiger partial charge in [-0.15, -0.1) is 0 Å². The molecule has 1 aromatic rings. The first-order chi connectivity index (χ1) is 5.36. The Kier molecular flexibility index (Phi) is 2.93. The molecule has 0 unspecified atom stereocenters. The average molecular weight is 151 g/mol. The summed E-state index contributed by atoms with van der Waals surface area (Å²) in [7, 11) is 1.89. The van der Waals surface area contributed by atoms with Crippen LogP contribution in [0.25, 0.3) is 0 Å². The van der Waals surface area contributed by atoms with Crippen LogP contribution in [0.2, 0.25) is 0 Å². The van der Waals surface area contributed by atoms with E-state index in [1.807, 2.05) is 31.3 Å². The molecule has 1 rings (SSSR count). The molecule has 2 nitrogen and oxygen atoms in total. The number of nitrogens with one attached hydrogen (secondary N) is 1. The highest BCUT2D eigenvalue weighted by Gasteiger charge is 1.91. The van der Waals surface area contributed by atoms with E-state index in [-0.39, 0.29) is 6.61 Å². The molecule has 0 spiro atoms. The van der Waals surface area contributed by atoms with Crippen molar-refractivity contribution in [2.45, 2.75) is 6.42 Å². The van der Waals surface area contributed by atoms with E-state index in [2.05, 4.69) is 5.32 Å². The first kappa shape index (κ1) is 8.08. The molecule has 0 amide bonds. The molecule has 0 fully saturated rings. The maximum absolute atomic E-state index is 8.66. The summed E-state index contributed by atoms with van der Waals surface area (Å²) >= 11 is 0. The fourth-order valence-electron chi connectivity index (χ4n) is 1.01. The van der Waals surface area contributed by atoms with Gasteiger partial charge in [0.05, 0.1) is 0 Å². The standard InChI is InChI=1S/C9H13NO/c1-10-9-4-2-3-8(7-9)5-6-11/h2-4,7,10-11H,5-6H2,1H3. The lowest BCUT2D eigenvalue weighted by molar-refractivity contribution is 0.299. The van der Waals surface area contributed by atoms with E-state index in [1.165, 1.54) is 5.56 Å². The van der Waals surface area contributed by atoms with Gasteiger partial charge < -0.3 is 10.4 Å². The lowest BCUT2D eigenvalue weighted by atomic mass is 10.1. The quantitative estimate of drug-likeness (QED) is 0.681. The molecular formula is C9H13NO. The molecule has 0 heterocycles. The Morgan fingerprint density at radius 1 is 1.45 bits per heavy atom. The second kappa shape index (κ2) is 3.98. The lowest BCUT2D eigenvalue weighted by Crippen LogP contribution is -1.93. The Morgan fingerprint density at radius 2 is 2.27 bits per heavy atom. The number of aliphatic hydroxyl groups is 1. The summed E-state index contributed by atoms with van der Waals surface area (Å²) in [4.78, 5) is 0. The fraction of sp³-hybridized carbons (Fsp3) is 0.333. The van der Waals surface area contributed by atoms with Crippen molar-refractivity contribution in [3.8, 4) is 0 Å². The summed E-state index contributed by atoms with van der Waals surface area (Å²) in [5.41, 5.74) is 2.26. The predicted molar refractivity (Wildman–Crippen MR) is 46.8 cm³/mol. The molecule has 60 valence electrons. The van der Waals surface area contributed by atoms with Gasteiger partial charge in [0.1, 0.15) is 0 Å². The maximum Gasteiger partial charge on any atom is 0.0471 e. The Labute approximate surface area is 66.9 Å². The zero-order valence-corrected chi connectivity index (χ0v) is 6.67. The third-order valence-corrected chi connectivity index (χ3v) is 1.62. The van der Waals surface area contributed by atoms with Crippen molar-refractivity contribution in [1.29, 1.82) is 0 Å². The number of aliphatic hydroxyl groups excluding tert-OH is 1. The van der Waals surface area contributed by atoms with Crippen LogP contribution in [0.3, 0.4) is 0 Å². The summed E-state index contributed by atoms with van der Waals surface area (Å²) in [5, 5.41) is 11.7.